The lowest BCUT2D eigenvalue weighted by molar-refractivity contribution is 0.0952. The number of piperidine rings is 1. The van der Waals surface area contributed by atoms with Gasteiger partial charge in [0.15, 0.2) is 5.82 Å². The van der Waals surface area contributed by atoms with Crippen molar-refractivity contribution in [2.45, 2.75) is 30.7 Å². The van der Waals surface area contributed by atoms with E-state index in [4.69, 9.17) is 16.9 Å². The number of nitrogen functional groups attached to an aromatic ring is 1. The largest absolute Gasteiger partial charge is 0.382 e. The second-order valence-corrected chi connectivity index (χ2v) is 11.3. The molecule has 6 N–H and O–H groups in total. The van der Waals surface area contributed by atoms with Crippen molar-refractivity contribution >= 4 is 34.2 Å². The van der Waals surface area contributed by atoms with E-state index in [-0.39, 0.29) is 46.3 Å². The van der Waals surface area contributed by atoms with E-state index in [0.29, 0.717) is 52.4 Å². The SMILES string of the molecule is N=C(c1ncc(N2CC[C@@H]3[C@H](C2)[C@@]3(CN)c2ccccc2F)nc1N)c1ccc(C(=O)NC2CC2)c2ncccc12. The van der Waals surface area contributed by atoms with Crippen molar-refractivity contribution in [3.63, 3.8) is 0 Å². The van der Waals surface area contributed by atoms with Crippen molar-refractivity contribution in [1.82, 2.24) is 20.3 Å². The Kier molecular flexibility index (Phi) is 5.97. The molecule has 0 radical (unpaired) electrons. The number of nitrogens with zero attached hydrogens (tertiary/aromatic N) is 4. The predicted molar refractivity (Wildman–Crippen MR) is 156 cm³/mol. The number of halogens is 1. The molecule has 2 aliphatic carbocycles. The lowest BCUT2D eigenvalue weighted by Gasteiger charge is -2.27. The summed E-state index contributed by atoms with van der Waals surface area (Å²) in [5, 5.41) is 12.7. The van der Waals surface area contributed by atoms with Gasteiger partial charge in [0.2, 0.25) is 0 Å². The molecule has 1 saturated heterocycles. The van der Waals surface area contributed by atoms with E-state index >= 15 is 0 Å². The number of hydrogen-bond acceptors (Lipinski definition) is 8. The normalized spacial score (nSPS) is 23.2. The minimum Gasteiger partial charge on any atom is -0.382 e. The van der Waals surface area contributed by atoms with Gasteiger partial charge >= 0.3 is 0 Å². The Hall–Kier alpha value is -4.44. The number of aromatic nitrogens is 3. The van der Waals surface area contributed by atoms with Gasteiger partial charge in [0, 0.05) is 48.2 Å². The molecule has 3 aliphatic rings. The van der Waals surface area contributed by atoms with Crippen molar-refractivity contribution in [3.8, 4) is 0 Å². The molecule has 3 heterocycles. The average Bonchev–Trinajstić information content (AvgIpc) is 3.92. The van der Waals surface area contributed by atoms with Crippen LogP contribution in [0.1, 0.15) is 46.4 Å². The van der Waals surface area contributed by atoms with E-state index in [9.17, 15) is 9.18 Å². The number of carbonyl (C=O) groups excluding carboxylic acids is 1. The summed E-state index contributed by atoms with van der Waals surface area (Å²) in [5.74, 6) is 0.957. The highest BCUT2D eigenvalue weighted by Gasteiger charge is 2.66. The Morgan fingerprint density at radius 3 is 2.63 bits per heavy atom. The van der Waals surface area contributed by atoms with Gasteiger partial charge in [-0.25, -0.2) is 14.4 Å². The van der Waals surface area contributed by atoms with E-state index in [2.05, 4.69) is 25.2 Å². The third-order valence-corrected chi connectivity index (χ3v) is 9.08. The first kappa shape index (κ1) is 25.5. The lowest BCUT2D eigenvalue weighted by atomic mass is 9.91. The van der Waals surface area contributed by atoms with Gasteiger partial charge in [-0.1, -0.05) is 30.3 Å². The van der Waals surface area contributed by atoms with Crippen molar-refractivity contribution < 1.29 is 9.18 Å². The number of nitrogens with two attached hydrogens (primary N) is 2. The first-order valence-corrected chi connectivity index (χ1v) is 14.0. The first-order chi connectivity index (χ1) is 19.9. The minimum atomic E-state index is -0.363. The van der Waals surface area contributed by atoms with Crippen LogP contribution in [0.2, 0.25) is 0 Å². The molecule has 0 spiro atoms. The zero-order valence-corrected chi connectivity index (χ0v) is 22.5. The van der Waals surface area contributed by atoms with Crippen molar-refractivity contribution in [3.05, 3.63) is 89.1 Å². The van der Waals surface area contributed by atoms with Crippen LogP contribution in [-0.2, 0) is 5.41 Å². The highest BCUT2D eigenvalue weighted by atomic mass is 19.1. The van der Waals surface area contributed by atoms with Gasteiger partial charge in [0.25, 0.3) is 5.91 Å². The summed E-state index contributed by atoms with van der Waals surface area (Å²) in [4.78, 5) is 28.6. The minimum absolute atomic E-state index is 0.108. The summed E-state index contributed by atoms with van der Waals surface area (Å²) in [6.07, 6.45) is 6.14. The fourth-order valence-electron chi connectivity index (χ4n) is 6.77. The first-order valence-electron chi connectivity index (χ1n) is 14.0. The molecule has 41 heavy (non-hydrogen) atoms. The van der Waals surface area contributed by atoms with Gasteiger partial charge in [-0.3, -0.25) is 15.2 Å². The van der Waals surface area contributed by atoms with Gasteiger partial charge in [-0.2, -0.15) is 0 Å². The third kappa shape index (κ3) is 4.12. The number of fused-ring (bicyclic) bond motifs is 2. The van der Waals surface area contributed by atoms with Gasteiger partial charge in [-0.05, 0) is 54.9 Å². The predicted octanol–water partition coefficient (Wildman–Crippen LogP) is 3.41. The van der Waals surface area contributed by atoms with E-state index < -0.39 is 0 Å². The molecule has 2 aromatic carbocycles. The van der Waals surface area contributed by atoms with Gasteiger partial charge in [-0.15, -0.1) is 0 Å². The maximum atomic E-state index is 14.7. The van der Waals surface area contributed by atoms with Crippen molar-refractivity contribution in [2.75, 3.05) is 30.3 Å². The summed E-state index contributed by atoms with van der Waals surface area (Å²) in [5.41, 5.74) is 14.9. The average molecular weight is 551 g/mol. The molecule has 3 fully saturated rings. The summed E-state index contributed by atoms with van der Waals surface area (Å²) < 4.78 is 14.7. The molecule has 7 rings (SSSR count). The van der Waals surface area contributed by atoms with Crippen molar-refractivity contribution in [2.24, 2.45) is 17.6 Å². The molecule has 3 atom stereocenters. The Morgan fingerprint density at radius 1 is 1.07 bits per heavy atom. The van der Waals surface area contributed by atoms with E-state index in [0.717, 1.165) is 25.8 Å². The van der Waals surface area contributed by atoms with Crippen LogP contribution in [0.15, 0.2) is 60.9 Å². The van der Waals surface area contributed by atoms with Gasteiger partial charge in [0.1, 0.15) is 17.3 Å². The van der Waals surface area contributed by atoms with Crippen LogP contribution >= 0.6 is 0 Å². The molecule has 9 nitrogen and oxygen atoms in total. The number of anilines is 2. The molecule has 0 bridgehead atoms. The van der Waals surface area contributed by atoms with E-state index in [1.807, 2.05) is 18.2 Å². The van der Waals surface area contributed by atoms with E-state index in [1.54, 1.807) is 36.7 Å². The Bertz CT molecular complexity index is 1710. The van der Waals surface area contributed by atoms with Crippen LogP contribution in [0, 0.1) is 23.1 Å². The topological polar surface area (TPSA) is 147 Å². The Morgan fingerprint density at radius 2 is 1.88 bits per heavy atom. The van der Waals surface area contributed by atoms with E-state index in [1.165, 1.54) is 6.07 Å². The zero-order chi connectivity index (χ0) is 28.3. The highest BCUT2D eigenvalue weighted by molar-refractivity contribution is 6.20. The summed E-state index contributed by atoms with van der Waals surface area (Å²) in [6.45, 7) is 1.82. The molecule has 208 valence electrons. The molecule has 1 amide bonds. The van der Waals surface area contributed by atoms with Crippen LogP contribution in [0.25, 0.3) is 10.9 Å². The van der Waals surface area contributed by atoms with Gasteiger partial charge in [0.05, 0.1) is 23.0 Å². The third-order valence-electron chi connectivity index (χ3n) is 9.08. The number of hydrogen-bond donors (Lipinski definition) is 4. The molecule has 0 unspecified atom stereocenters. The molecular formula is C31H31FN8O. The maximum Gasteiger partial charge on any atom is 0.253 e. The number of rotatable bonds is 7. The lowest BCUT2D eigenvalue weighted by Crippen LogP contribution is -2.33. The molecule has 10 heteroatoms. The zero-order valence-electron chi connectivity index (χ0n) is 22.5. The van der Waals surface area contributed by atoms with Crippen molar-refractivity contribution in [1.29, 1.82) is 5.41 Å². The highest BCUT2D eigenvalue weighted by Crippen LogP contribution is 2.63. The van der Waals surface area contributed by atoms with Crippen LogP contribution < -0.4 is 21.7 Å². The molecule has 2 aromatic heterocycles. The smallest absolute Gasteiger partial charge is 0.253 e. The van der Waals surface area contributed by atoms with Crippen LogP contribution in [0.4, 0.5) is 16.0 Å². The fourth-order valence-corrected chi connectivity index (χ4v) is 6.77. The standard InChI is InChI=1S/C31H31FN8O/c32-24-6-2-1-5-22(24)31(16-33)21-11-13-40(15-23(21)31)25-14-37-28(29(35)39-25)26(34)18-9-10-20(30(41)38-17-7-8-17)27-19(18)4-3-12-36-27/h1-6,9-10,12,14,17,21,23,34H,7-8,11,13,15-16,33H2,(H2,35,39)(H,38,41)/t21-,23+,31-/m1/s1. The number of pyridine rings is 1. The number of amides is 1. The Balaban J connectivity index is 1.14. The Labute approximate surface area is 236 Å². The van der Waals surface area contributed by atoms with Crippen LogP contribution in [0.3, 0.4) is 0 Å². The fraction of sp³-hybridized carbons (Fsp3) is 0.323. The van der Waals surface area contributed by atoms with Crippen LogP contribution in [-0.4, -0.2) is 52.2 Å². The number of benzene rings is 2. The monoisotopic (exact) mass is 550 g/mol. The maximum absolute atomic E-state index is 14.7. The molecule has 2 saturated carbocycles. The second kappa shape index (κ2) is 9.59. The summed E-state index contributed by atoms with van der Waals surface area (Å²) in [7, 11) is 0. The van der Waals surface area contributed by atoms with Crippen LogP contribution in [0.5, 0.6) is 0 Å². The van der Waals surface area contributed by atoms with Gasteiger partial charge < -0.3 is 21.7 Å². The number of nitrogens with one attached hydrogen (secondary N) is 2. The summed E-state index contributed by atoms with van der Waals surface area (Å²) in [6, 6.07) is 14.2. The molecule has 4 aromatic rings. The number of carbonyl (C=O) groups is 1. The molecular weight excluding hydrogens is 519 g/mol. The second-order valence-electron chi connectivity index (χ2n) is 11.3. The summed E-state index contributed by atoms with van der Waals surface area (Å²) >= 11 is 0. The molecule has 1 aliphatic heterocycles. The quantitative estimate of drug-likeness (QED) is 0.258.